The van der Waals surface area contributed by atoms with Gasteiger partial charge in [-0.05, 0) is 39.3 Å². The highest BCUT2D eigenvalue weighted by molar-refractivity contribution is 8.14. The molecule has 1 N–H and O–H groups in total. The fraction of sp³-hybridized carbons (Fsp3) is 0.500. The lowest BCUT2D eigenvalue weighted by Crippen LogP contribution is -2.31. The minimum atomic E-state index is 0.0533. The van der Waals surface area contributed by atoms with Gasteiger partial charge in [-0.3, -0.25) is 4.99 Å². The Kier molecular flexibility index (Phi) is 3.48. The second-order valence-electron chi connectivity index (χ2n) is 5.35. The molecule has 0 fully saturated rings. The van der Waals surface area contributed by atoms with Crippen molar-refractivity contribution in [3.8, 4) is 0 Å². The highest BCUT2D eigenvalue weighted by Gasteiger charge is 2.27. The van der Waals surface area contributed by atoms with Crippen molar-refractivity contribution in [1.82, 2.24) is 0 Å². The normalized spacial score (nSPS) is 23.1. The Morgan fingerprint density at radius 1 is 1.29 bits per heavy atom. The van der Waals surface area contributed by atoms with Crippen LogP contribution in [0.15, 0.2) is 29.3 Å². The van der Waals surface area contributed by atoms with Crippen LogP contribution in [0, 0.1) is 6.92 Å². The lowest BCUT2D eigenvalue weighted by Gasteiger charge is -2.30. The molecule has 2 rings (SSSR count). The Bertz CT molecular complexity index is 420. The van der Waals surface area contributed by atoms with Crippen LogP contribution in [0.2, 0.25) is 0 Å². The number of amidine groups is 1. The molecule has 1 unspecified atom stereocenters. The SMILES string of the molecule is Cc1ccc(NC2=NC(C)(C)CC(C)S2)cc1. The molecule has 0 aromatic heterocycles. The van der Waals surface area contributed by atoms with Gasteiger partial charge in [-0.15, -0.1) is 0 Å². The zero-order valence-corrected chi connectivity index (χ0v) is 11.8. The number of rotatable bonds is 1. The second-order valence-corrected chi connectivity index (χ2v) is 6.78. The summed E-state index contributed by atoms with van der Waals surface area (Å²) in [6, 6.07) is 8.44. The standard InChI is InChI=1S/C14H20N2S/c1-10-5-7-12(8-6-10)15-13-16-14(3,4)9-11(2)17-13/h5-8,11H,9H2,1-4H3,(H,15,16). The highest BCUT2D eigenvalue weighted by Crippen LogP contribution is 2.32. The first-order valence-electron chi connectivity index (χ1n) is 6.05. The number of hydrogen-bond donors (Lipinski definition) is 1. The van der Waals surface area contributed by atoms with Gasteiger partial charge in [-0.2, -0.15) is 0 Å². The lowest BCUT2D eigenvalue weighted by atomic mass is 10.00. The maximum absolute atomic E-state index is 4.75. The van der Waals surface area contributed by atoms with Gasteiger partial charge in [-0.1, -0.05) is 36.4 Å². The molecular weight excluding hydrogens is 228 g/mol. The molecule has 0 aliphatic carbocycles. The minimum Gasteiger partial charge on any atom is -0.335 e. The molecule has 1 aromatic carbocycles. The van der Waals surface area contributed by atoms with Gasteiger partial charge >= 0.3 is 0 Å². The maximum atomic E-state index is 4.75. The maximum Gasteiger partial charge on any atom is 0.161 e. The summed E-state index contributed by atoms with van der Waals surface area (Å²) in [5.74, 6) is 0. The summed E-state index contributed by atoms with van der Waals surface area (Å²) < 4.78 is 0. The van der Waals surface area contributed by atoms with E-state index in [0.717, 1.165) is 17.3 Å². The van der Waals surface area contributed by atoms with Gasteiger partial charge in [0.25, 0.3) is 0 Å². The third-order valence-corrected chi connectivity index (χ3v) is 3.79. The summed E-state index contributed by atoms with van der Waals surface area (Å²) in [7, 11) is 0. The van der Waals surface area contributed by atoms with Crippen LogP contribution >= 0.6 is 11.8 Å². The minimum absolute atomic E-state index is 0.0533. The van der Waals surface area contributed by atoms with Crippen molar-refractivity contribution in [2.45, 2.75) is 44.9 Å². The van der Waals surface area contributed by atoms with E-state index in [-0.39, 0.29) is 5.54 Å². The van der Waals surface area contributed by atoms with Gasteiger partial charge in [0.2, 0.25) is 0 Å². The molecule has 0 spiro atoms. The Hall–Kier alpha value is -0.960. The van der Waals surface area contributed by atoms with Crippen LogP contribution in [0.5, 0.6) is 0 Å². The Morgan fingerprint density at radius 3 is 2.53 bits per heavy atom. The van der Waals surface area contributed by atoms with Crippen molar-refractivity contribution in [1.29, 1.82) is 0 Å². The molecular formula is C14H20N2S. The van der Waals surface area contributed by atoms with E-state index in [4.69, 9.17) is 4.99 Å². The number of nitrogens with zero attached hydrogens (tertiary/aromatic N) is 1. The van der Waals surface area contributed by atoms with E-state index in [0.29, 0.717) is 5.25 Å². The third-order valence-electron chi connectivity index (χ3n) is 2.81. The first-order chi connectivity index (χ1) is 7.94. The van der Waals surface area contributed by atoms with Crippen LogP contribution in [0.1, 0.15) is 32.8 Å². The lowest BCUT2D eigenvalue weighted by molar-refractivity contribution is 0.477. The first-order valence-corrected chi connectivity index (χ1v) is 6.93. The second kappa shape index (κ2) is 4.73. The monoisotopic (exact) mass is 248 g/mol. The predicted octanol–water partition coefficient (Wildman–Crippen LogP) is 4.07. The molecule has 0 amide bonds. The molecule has 0 saturated heterocycles. The van der Waals surface area contributed by atoms with Crippen molar-refractivity contribution in [3.05, 3.63) is 29.8 Å². The number of aryl methyl sites for hydroxylation is 1. The molecule has 1 atom stereocenters. The van der Waals surface area contributed by atoms with E-state index in [1.165, 1.54) is 5.56 Å². The van der Waals surface area contributed by atoms with Gasteiger partial charge in [0.15, 0.2) is 5.17 Å². The highest BCUT2D eigenvalue weighted by atomic mass is 32.2. The number of hydrogen-bond acceptors (Lipinski definition) is 3. The Labute approximate surface area is 108 Å². The van der Waals surface area contributed by atoms with Gasteiger partial charge in [0, 0.05) is 10.9 Å². The molecule has 1 heterocycles. The van der Waals surface area contributed by atoms with Crippen molar-refractivity contribution in [2.75, 3.05) is 5.32 Å². The van der Waals surface area contributed by atoms with E-state index in [9.17, 15) is 0 Å². The topological polar surface area (TPSA) is 24.4 Å². The van der Waals surface area contributed by atoms with Gasteiger partial charge < -0.3 is 5.32 Å². The summed E-state index contributed by atoms with van der Waals surface area (Å²) in [6.07, 6.45) is 1.14. The number of thioether (sulfide) groups is 1. The summed E-state index contributed by atoms with van der Waals surface area (Å²) in [4.78, 5) is 4.75. The molecule has 0 saturated carbocycles. The molecule has 0 bridgehead atoms. The van der Waals surface area contributed by atoms with E-state index < -0.39 is 0 Å². The summed E-state index contributed by atoms with van der Waals surface area (Å²) in [5, 5.41) is 5.07. The van der Waals surface area contributed by atoms with Crippen LogP contribution in [0.3, 0.4) is 0 Å². The number of anilines is 1. The first kappa shape index (κ1) is 12.5. The molecule has 0 radical (unpaired) electrons. The average molecular weight is 248 g/mol. The predicted molar refractivity (Wildman–Crippen MR) is 78.0 cm³/mol. The van der Waals surface area contributed by atoms with Gasteiger partial charge in [0.1, 0.15) is 0 Å². The zero-order valence-electron chi connectivity index (χ0n) is 10.9. The molecule has 3 heteroatoms. The molecule has 17 heavy (non-hydrogen) atoms. The Balaban J connectivity index is 2.13. The molecule has 1 aliphatic rings. The average Bonchev–Trinajstić information content (AvgIpc) is 2.18. The van der Waals surface area contributed by atoms with Crippen LogP contribution in [0.25, 0.3) is 0 Å². The fourth-order valence-corrected chi connectivity index (χ4v) is 3.45. The summed E-state index contributed by atoms with van der Waals surface area (Å²) >= 11 is 1.83. The van der Waals surface area contributed by atoms with Crippen molar-refractivity contribution in [2.24, 2.45) is 4.99 Å². The number of nitrogens with one attached hydrogen (secondary N) is 1. The van der Waals surface area contributed by atoms with Gasteiger partial charge in [0.05, 0.1) is 5.54 Å². The smallest absolute Gasteiger partial charge is 0.161 e. The van der Waals surface area contributed by atoms with E-state index >= 15 is 0 Å². The largest absolute Gasteiger partial charge is 0.335 e. The molecule has 1 aromatic rings. The van der Waals surface area contributed by atoms with Crippen molar-refractivity contribution >= 4 is 22.6 Å². The van der Waals surface area contributed by atoms with Crippen LogP contribution in [-0.2, 0) is 0 Å². The number of aliphatic imine (C=N–C) groups is 1. The quantitative estimate of drug-likeness (QED) is 0.810. The van der Waals surface area contributed by atoms with Crippen LogP contribution in [0.4, 0.5) is 5.69 Å². The summed E-state index contributed by atoms with van der Waals surface area (Å²) in [6.45, 7) is 8.75. The van der Waals surface area contributed by atoms with E-state index in [1.807, 2.05) is 11.8 Å². The molecule has 1 aliphatic heterocycles. The summed E-state index contributed by atoms with van der Waals surface area (Å²) in [5.41, 5.74) is 2.45. The van der Waals surface area contributed by atoms with Crippen molar-refractivity contribution < 1.29 is 0 Å². The van der Waals surface area contributed by atoms with Crippen LogP contribution < -0.4 is 5.32 Å². The molecule has 92 valence electrons. The Morgan fingerprint density at radius 2 is 1.94 bits per heavy atom. The fourth-order valence-electron chi connectivity index (χ4n) is 2.10. The van der Waals surface area contributed by atoms with E-state index in [1.54, 1.807) is 0 Å². The van der Waals surface area contributed by atoms with E-state index in [2.05, 4.69) is 57.3 Å². The number of benzene rings is 1. The van der Waals surface area contributed by atoms with Crippen LogP contribution in [-0.4, -0.2) is 16.0 Å². The third kappa shape index (κ3) is 3.50. The van der Waals surface area contributed by atoms with Crippen molar-refractivity contribution in [3.63, 3.8) is 0 Å². The molecule has 2 nitrogen and oxygen atoms in total. The van der Waals surface area contributed by atoms with Gasteiger partial charge in [-0.25, -0.2) is 0 Å². The zero-order chi connectivity index (χ0) is 12.5.